The third kappa shape index (κ3) is 2.16. The molecule has 1 rings (SSSR count). The van der Waals surface area contributed by atoms with Crippen LogP contribution in [0.1, 0.15) is 11.7 Å². The van der Waals surface area contributed by atoms with Crippen molar-refractivity contribution >= 4 is 11.6 Å². The fraction of sp³-hybridized carbons (Fsp3) is 0.250. The molecule has 66 valence electrons. The molecule has 0 saturated heterocycles. The molecule has 0 heterocycles. The molecule has 1 aromatic rings. The van der Waals surface area contributed by atoms with Gasteiger partial charge in [-0.1, -0.05) is 30.3 Å². The van der Waals surface area contributed by atoms with Crippen LogP contribution in [-0.4, -0.2) is 10.5 Å². The summed E-state index contributed by atoms with van der Waals surface area (Å²) in [7, 11) is 0. The highest BCUT2D eigenvalue weighted by Crippen LogP contribution is 2.34. The topological polar surface area (TPSA) is 20.2 Å². The van der Waals surface area contributed by atoms with Crippen LogP contribution in [0.5, 0.6) is 0 Å². The summed E-state index contributed by atoms with van der Waals surface area (Å²) in [6.45, 7) is 0. The highest BCUT2D eigenvalue weighted by Gasteiger charge is 2.36. The molecule has 0 fully saturated rings. The largest absolute Gasteiger partial charge is 0.381 e. The van der Waals surface area contributed by atoms with Gasteiger partial charge in [0.05, 0.1) is 0 Å². The van der Waals surface area contributed by atoms with Crippen molar-refractivity contribution in [3.63, 3.8) is 0 Å². The Morgan fingerprint density at radius 2 is 1.75 bits per heavy atom. The Morgan fingerprint density at radius 1 is 1.25 bits per heavy atom. The third-order valence-corrected chi connectivity index (χ3v) is 1.63. The number of rotatable bonds is 2. The van der Waals surface area contributed by atoms with E-state index in [9.17, 15) is 8.78 Å². The molecule has 1 aromatic carbocycles. The van der Waals surface area contributed by atoms with Gasteiger partial charge in [0.1, 0.15) is 0 Å². The molecular weight excluding hydrogens is 186 g/mol. The van der Waals surface area contributed by atoms with Crippen LogP contribution in [0.4, 0.5) is 8.78 Å². The minimum atomic E-state index is -3.61. The van der Waals surface area contributed by atoms with Gasteiger partial charge in [0.15, 0.2) is 6.10 Å². The van der Waals surface area contributed by atoms with Crippen LogP contribution < -0.4 is 0 Å². The maximum atomic E-state index is 12.3. The van der Waals surface area contributed by atoms with Gasteiger partial charge in [-0.25, -0.2) is 0 Å². The van der Waals surface area contributed by atoms with Gasteiger partial charge in [-0.05, 0) is 17.2 Å². The third-order valence-electron chi connectivity index (χ3n) is 1.43. The van der Waals surface area contributed by atoms with Crippen molar-refractivity contribution in [1.82, 2.24) is 0 Å². The van der Waals surface area contributed by atoms with Gasteiger partial charge in [0, 0.05) is 0 Å². The number of aliphatic hydroxyl groups excluding tert-OH is 1. The first-order chi connectivity index (χ1) is 5.52. The Balaban J connectivity index is 2.86. The zero-order valence-corrected chi connectivity index (χ0v) is 6.80. The summed E-state index contributed by atoms with van der Waals surface area (Å²) in [5.41, 5.74) is 0.109. The summed E-state index contributed by atoms with van der Waals surface area (Å²) in [5, 5.41) is 5.37. The molecule has 0 aliphatic carbocycles. The standard InChI is InChI=1S/C8H7ClF2O/c9-8(10,11)7(12)6-4-2-1-3-5-6/h1-5,7,12H/t7-/m0/s1. The van der Waals surface area contributed by atoms with Crippen molar-refractivity contribution in [2.45, 2.75) is 11.5 Å². The van der Waals surface area contributed by atoms with Crippen molar-refractivity contribution in [2.75, 3.05) is 0 Å². The molecule has 0 saturated carbocycles. The van der Waals surface area contributed by atoms with Crippen LogP contribution in [0.15, 0.2) is 30.3 Å². The maximum Gasteiger partial charge on any atom is 0.351 e. The Hall–Kier alpha value is -0.670. The predicted molar refractivity (Wildman–Crippen MR) is 42.2 cm³/mol. The highest BCUT2D eigenvalue weighted by molar-refractivity contribution is 6.22. The van der Waals surface area contributed by atoms with E-state index in [-0.39, 0.29) is 5.56 Å². The summed E-state index contributed by atoms with van der Waals surface area (Å²) < 4.78 is 24.6. The lowest BCUT2D eigenvalue weighted by Crippen LogP contribution is -2.18. The number of aliphatic hydroxyl groups is 1. The second kappa shape index (κ2) is 3.37. The number of halogens is 3. The molecule has 0 aromatic heterocycles. The number of hydrogen-bond acceptors (Lipinski definition) is 1. The van der Waals surface area contributed by atoms with Gasteiger partial charge >= 0.3 is 5.38 Å². The maximum absolute atomic E-state index is 12.3. The highest BCUT2D eigenvalue weighted by atomic mass is 35.5. The number of hydrogen-bond donors (Lipinski definition) is 1. The van der Waals surface area contributed by atoms with Crippen molar-refractivity contribution in [1.29, 1.82) is 0 Å². The smallest absolute Gasteiger partial charge is 0.351 e. The van der Waals surface area contributed by atoms with E-state index in [1.807, 2.05) is 0 Å². The molecule has 4 heteroatoms. The van der Waals surface area contributed by atoms with Gasteiger partial charge in [0.2, 0.25) is 0 Å². The van der Waals surface area contributed by atoms with E-state index in [4.69, 9.17) is 5.11 Å². The molecule has 0 spiro atoms. The molecule has 1 nitrogen and oxygen atoms in total. The Labute approximate surface area is 73.6 Å². The first-order valence-corrected chi connectivity index (χ1v) is 3.69. The van der Waals surface area contributed by atoms with Crippen LogP contribution in [0.3, 0.4) is 0 Å². The van der Waals surface area contributed by atoms with Crippen LogP contribution >= 0.6 is 11.6 Å². The van der Waals surface area contributed by atoms with Crippen molar-refractivity contribution in [2.24, 2.45) is 0 Å². The van der Waals surface area contributed by atoms with E-state index in [0.29, 0.717) is 0 Å². The molecule has 0 bridgehead atoms. The summed E-state index contributed by atoms with van der Waals surface area (Å²) in [4.78, 5) is 0. The molecule has 0 aliphatic rings. The molecule has 0 unspecified atom stereocenters. The lowest BCUT2D eigenvalue weighted by molar-refractivity contribution is -0.0424. The quantitative estimate of drug-likeness (QED) is 0.714. The molecule has 0 amide bonds. The van der Waals surface area contributed by atoms with Crippen molar-refractivity contribution < 1.29 is 13.9 Å². The number of benzene rings is 1. The van der Waals surface area contributed by atoms with Gasteiger partial charge < -0.3 is 5.11 Å². The lowest BCUT2D eigenvalue weighted by Gasteiger charge is -2.15. The van der Waals surface area contributed by atoms with Crippen LogP contribution in [0.25, 0.3) is 0 Å². The second-order valence-corrected chi connectivity index (χ2v) is 2.86. The van der Waals surface area contributed by atoms with Gasteiger partial charge in [-0.15, -0.1) is 0 Å². The SMILES string of the molecule is O[C@@H](c1ccccc1)C(F)(F)Cl. The summed E-state index contributed by atoms with van der Waals surface area (Å²) >= 11 is 4.63. The minimum Gasteiger partial charge on any atom is -0.381 e. The fourth-order valence-corrected chi connectivity index (χ4v) is 0.950. The zero-order chi connectivity index (χ0) is 9.19. The molecule has 1 N–H and O–H groups in total. The predicted octanol–water partition coefficient (Wildman–Crippen LogP) is 2.55. The van der Waals surface area contributed by atoms with Gasteiger partial charge in [-0.2, -0.15) is 8.78 Å². The average Bonchev–Trinajstić information content (AvgIpc) is 2.03. The zero-order valence-electron chi connectivity index (χ0n) is 6.05. The number of alkyl halides is 3. The van der Waals surface area contributed by atoms with Gasteiger partial charge in [-0.3, -0.25) is 0 Å². The Morgan fingerprint density at radius 3 is 2.17 bits per heavy atom. The monoisotopic (exact) mass is 192 g/mol. The fourth-order valence-electron chi connectivity index (χ4n) is 0.824. The van der Waals surface area contributed by atoms with Crippen LogP contribution in [0, 0.1) is 0 Å². The van der Waals surface area contributed by atoms with E-state index in [0.717, 1.165) is 0 Å². The summed E-state index contributed by atoms with van der Waals surface area (Å²) in [6.07, 6.45) is -1.94. The van der Waals surface area contributed by atoms with E-state index in [1.165, 1.54) is 12.1 Å². The van der Waals surface area contributed by atoms with E-state index >= 15 is 0 Å². The second-order valence-electron chi connectivity index (χ2n) is 2.35. The Bertz CT molecular complexity index is 245. The lowest BCUT2D eigenvalue weighted by atomic mass is 10.1. The average molecular weight is 193 g/mol. The molecule has 0 radical (unpaired) electrons. The van der Waals surface area contributed by atoms with E-state index in [2.05, 4.69) is 11.6 Å². The normalized spacial score (nSPS) is 14.3. The molecule has 12 heavy (non-hydrogen) atoms. The first kappa shape index (κ1) is 9.42. The van der Waals surface area contributed by atoms with E-state index < -0.39 is 11.5 Å². The van der Waals surface area contributed by atoms with Crippen molar-refractivity contribution in [3.8, 4) is 0 Å². The van der Waals surface area contributed by atoms with Gasteiger partial charge in [0.25, 0.3) is 0 Å². The molecule has 0 aliphatic heterocycles. The minimum absolute atomic E-state index is 0.109. The van der Waals surface area contributed by atoms with Crippen LogP contribution in [-0.2, 0) is 0 Å². The van der Waals surface area contributed by atoms with E-state index in [1.54, 1.807) is 18.2 Å². The Kier molecular flexibility index (Phi) is 2.65. The molecular formula is C8H7ClF2O. The summed E-state index contributed by atoms with van der Waals surface area (Å²) in [6, 6.07) is 7.56. The summed E-state index contributed by atoms with van der Waals surface area (Å²) in [5.74, 6) is 0. The first-order valence-electron chi connectivity index (χ1n) is 3.31. The molecule has 1 atom stereocenters. The van der Waals surface area contributed by atoms with Crippen LogP contribution in [0.2, 0.25) is 0 Å². The van der Waals surface area contributed by atoms with Crippen molar-refractivity contribution in [3.05, 3.63) is 35.9 Å².